The summed E-state index contributed by atoms with van der Waals surface area (Å²) in [6.45, 7) is 3.41. The minimum absolute atomic E-state index is 0.0579. The molecule has 1 saturated heterocycles. The third-order valence-electron chi connectivity index (χ3n) is 5.34. The quantitative estimate of drug-likeness (QED) is 0.509. The fraction of sp³-hybridized carbons (Fsp3) is 0.261. The number of aromatic nitrogens is 1. The number of carbonyl (C=O) groups excluding carboxylic acids is 2. The molecule has 11 heteroatoms. The highest BCUT2D eigenvalue weighted by Gasteiger charge is 2.26. The van der Waals surface area contributed by atoms with E-state index in [1.165, 1.54) is 24.5 Å². The Bertz CT molecular complexity index is 1270. The maximum atomic E-state index is 12.5. The lowest BCUT2D eigenvalue weighted by molar-refractivity contribution is -0.127. The number of sulfonamides is 1. The second kappa shape index (κ2) is 10.1. The molecule has 0 bridgehead atoms. The summed E-state index contributed by atoms with van der Waals surface area (Å²) in [6.07, 6.45) is 4.55. The molecule has 0 spiro atoms. The Morgan fingerprint density at radius 3 is 2.41 bits per heavy atom. The number of rotatable bonds is 7. The number of hydrogen-bond donors (Lipinski definition) is 1. The molecule has 3 heterocycles. The second-order valence-corrected chi connectivity index (χ2v) is 9.52. The van der Waals surface area contributed by atoms with Crippen LogP contribution in [-0.2, 0) is 21.4 Å². The van der Waals surface area contributed by atoms with Gasteiger partial charge in [-0.25, -0.2) is 13.1 Å². The van der Waals surface area contributed by atoms with Gasteiger partial charge in [-0.15, -0.1) is 0 Å². The van der Waals surface area contributed by atoms with Crippen LogP contribution in [0.2, 0.25) is 0 Å². The lowest BCUT2D eigenvalue weighted by Crippen LogP contribution is -2.50. The number of aryl methyl sites for hydroxylation is 1. The Labute approximate surface area is 196 Å². The smallest absolute Gasteiger partial charge is 0.292 e. The van der Waals surface area contributed by atoms with Gasteiger partial charge >= 0.3 is 0 Å². The number of carbonyl (C=O) groups is 2. The number of hydrogen-bond acceptors (Lipinski definition) is 7. The van der Waals surface area contributed by atoms with Gasteiger partial charge in [-0.2, -0.15) is 0 Å². The van der Waals surface area contributed by atoms with E-state index in [1.54, 1.807) is 53.1 Å². The van der Waals surface area contributed by atoms with Gasteiger partial charge < -0.3 is 18.7 Å². The van der Waals surface area contributed by atoms with Gasteiger partial charge in [0.15, 0.2) is 0 Å². The van der Waals surface area contributed by atoms with Crippen LogP contribution >= 0.6 is 0 Å². The summed E-state index contributed by atoms with van der Waals surface area (Å²) in [5.41, 5.74) is 1.32. The maximum absolute atomic E-state index is 12.5. The molecule has 34 heavy (non-hydrogen) atoms. The Balaban J connectivity index is 1.29. The first-order chi connectivity index (χ1) is 16.3. The first-order valence-corrected chi connectivity index (χ1v) is 12.1. The van der Waals surface area contributed by atoms with E-state index in [0.29, 0.717) is 43.2 Å². The summed E-state index contributed by atoms with van der Waals surface area (Å²) in [5, 5.41) is 3.73. The lowest BCUT2D eigenvalue weighted by atomic mass is 10.2. The van der Waals surface area contributed by atoms with Gasteiger partial charge in [0.1, 0.15) is 5.76 Å². The van der Waals surface area contributed by atoms with E-state index < -0.39 is 10.0 Å². The van der Waals surface area contributed by atoms with Crippen LogP contribution in [0.25, 0.3) is 6.08 Å². The number of piperazine rings is 1. The van der Waals surface area contributed by atoms with E-state index in [1.807, 2.05) is 0 Å². The molecule has 1 aliphatic rings. The molecule has 4 rings (SSSR count). The van der Waals surface area contributed by atoms with Crippen molar-refractivity contribution in [1.29, 1.82) is 0 Å². The van der Waals surface area contributed by atoms with Gasteiger partial charge in [0, 0.05) is 38.3 Å². The summed E-state index contributed by atoms with van der Waals surface area (Å²) >= 11 is 0. The van der Waals surface area contributed by atoms with Crippen LogP contribution in [0.3, 0.4) is 0 Å². The van der Waals surface area contributed by atoms with E-state index >= 15 is 0 Å². The number of amides is 2. The highest BCUT2D eigenvalue weighted by atomic mass is 32.2. The zero-order valence-electron chi connectivity index (χ0n) is 18.5. The SMILES string of the molecule is Cc1cc(C(=O)N2CCN(C(=O)/C=C/c3ccc(S(=O)(=O)NCc4ccco4)cc3)CC2)on1. The number of benzene rings is 1. The number of furan rings is 1. The predicted octanol–water partition coefficient (Wildman–Crippen LogP) is 2.05. The zero-order chi connectivity index (χ0) is 24.1. The topological polar surface area (TPSA) is 126 Å². The molecule has 0 aliphatic carbocycles. The predicted molar refractivity (Wildman–Crippen MR) is 122 cm³/mol. The van der Waals surface area contributed by atoms with Crippen LogP contribution in [0.5, 0.6) is 0 Å². The van der Waals surface area contributed by atoms with Crippen molar-refractivity contribution >= 4 is 27.9 Å². The van der Waals surface area contributed by atoms with Gasteiger partial charge in [-0.1, -0.05) is 17.3 Å². The van der Waals surface area contributed by atoms with Gasteiger partial charge in [0.05, 0.1) is 23.4 Å². The van der Waals surface area contributed by atoms with Crippen molar-refractivity contribution in [3.8, 4) is 0 Å². The van der Waals surface area contributed by atoms with E-state index in [4.69, 9.17) is 8.94 Å². The monoisotopic (exact) mass is 484 g/mol. The Morgan fingerprint density at radius 1 is 1.09 bits per heavy atom. The molecule has 1 fully saturated rings. The van der Waals surface area contributed by atoms with Crippen molar-refractivity contribution in [2.24, 2.45) is 0 Å². The van der Waals surface area contributed by atoms with Gasteiger partial charge in [0.2, 0.25) is 21.7 Å². The normalized spacial score (nSPS) is 14.6. The van der Waals surface area contributed by atoms with Crippen LogP contribution < -0.4 is 4.72 Å². The van der Waals surface area contributed by atoms with Crippen molar-refractivity contribution in [2.75, 3.05) is 26.2 Å². The van der Waals surface area contributed by atoms with Gasteiger partial charge in [-0.05, 0) is 42.8 Å². The van der Waals surface area contributed by atoms with E-state index in [0.717, 1.165) is 0 Å². The largest absolute Gasteiger partial charge is 0.468 e. The maximum Gasteiger partial charge on any atom is 0.292 e. The fourth-order valence-corrected chi connectivity index (χ4v) is 4.44. The molecule has 3 aromatic rings. The van der Waals surface area contributed by atoms with Crippen molar-refractivity contribution in [1.82, 2.24) is 19.7 Å². The molecule has 10 nitrogen and oxygen atoms in total. The minimum Gasteiger partial charge on any atom is -0.468 e. The molecule has 1 aliphatic heterocycles. The molecule has 0 saturated carbocycles. The van der Waals surface area contributed by atoms with Crippen molar-refractivity contribution in [2.45, 2.75) is 18.4 Å². The minimum atomic E-state index is -3.68. The zero-order valence-corrected chi connectivity index (χ0v) is 19.3. The average molecular weight is 485 g/mol. The Hall–Kier alpha value is -3.70. The van der Waals surface area contributed by atoms with E-state index in [-0.39, 0.29) is 29.0 Å². The Kier molecular flexibility index (Phi) is 6.94. The molecule has 1 aromatic carbocycles. The van der Waals surface area contributed by atoms with Crippen molar-refractivity contribution in [3.63, 3.8) is 0 Å². The fourth-order valence-electron chi connectivity index (χ4n) is 3.44. The third-order valence-corrected chi connectivity index (χ3v) is 6.76. The highest BCUT2D eigenvalue weighted by Crippen LogP contribution is 2.14. The molecular weight excluding hydrogens is 460 g/mol. The lowest BCUT2D eigenvalue weighted by Gasteiger charge is -2.33. The van der Waals surface area contributed by atoms with Crippen LogP contribution in [-0.4, -0.2) is 61.4 Å². The standard InChI is InChI=1S/C23H24N4O6S/c1-17-15-21(33-25-17)23(29)27-12-10-26(11-13-27)22(28)9-6-18-4-7-20(8-5-18)34(30,31)24-16-19-3-2-14-32-19/h2-9,14-15,24H,10-13,16H2,1H3/b9-6+. The van der Waals surface area contributed by atoms with Crippen molar-refractivity contribution < 1.29 is 26.9 Å². The van der Waals surface area contributed by atoms with Crippen LogP contribution in [0.4, 0.5) is 0 Å². The number of nitrogens with zero attached hydrogens (tertiary/aromatic N) is 3. The third kappa shape index (κ3) is 5.61. The van der Waals surface area contributed by atoms with Gasteiger partial charge in [0.25, 0.3) is 5.91 Å². The summed E-state index contributed by atoms with van der Waals surface area (Å²) in [6, 6.07) is 11.2. The molecular formula is C23H24N4O6S. The molecule has 2 amide bonds. The first-order valence-electron chi connectivity index (χ1n) is 10.6. The molecule has 0 atom stereocenters. The van der Waals surface area contributed by atoms with Crippen LogP contribution in [0.15, 0.2) is 68.6 Å². The van der Waals surface area contributed by atoms with Crippen LogP contribution in [0.1, 0.15) is 27.6 Å². The highest BCUT2D eigenvalue weighted by molar-refractivity contribution is 7.89. The summed E-state index contributed by atoms with van der Waals surface area (Å²) in [5.74, 6) is 0.287. The molecule has 1 N–H and O–H groups in total. The average Bonchev–Trinajstić information content (AvgIpc) is 3.53. The molecule has 0 radical (unpaired) electrons. The molecule has 2 aromatic heterocycles. The number of nitrogens with one attached hydrogen (secondary N) is 1. The summed E-state index contributed by atoms with van der Waals surface area (Å²) < 4.78 is 37.4. The molecule has 0 unspecified atom stereocenters. The summed E-state index contributed by atoms with van der Waals surface area (Å²) in [7, 11) is -3.68. The van der Waals surface area contributed by atoms with Gasteiger partial charge in [-0.3, -0.25) is 9.59 Å². The molecule has 178 valence electrons. The second-order valence-electron chi connectivity index (χ2n) is 7.76. The van der Waals surface area contributed by atoms with E-state index in [2.05, 4.69) is 9.88 Å². The first kappa shape index (κ1) is 23.5. The summed E-state index contributed by atoms with van der Waals surface area (Å²) in [4.78, 5) is 28.4. The van der Waals surface area contributed by atoms with E-state index in [9.17, 15) is 18.0 Å². The Morgan fingerprint density at radius 2 is 1.79 bits per heavy atom. The van der Waals surface area contributed by atoms with Crippen molar-refractivity contribution in [3.05, 3.63) is 77.6 Å². The van der Waals surface area contributed by atoms with Crippen LogP contribution in [0, 0.1) is 6.92 Å².